The summed E-state index contributed by atoms with van der Waals surface area (Å²) in [5.41, 5.74) is 0.0987. The molecule has 0 saturated carbocycles. The van der Waals surface area contributed by atoms with Crippen molar-refractivity contribution in [3.63, 3.8) is 0 Å². The van der Waals surface area contributed by atoms with Crippen molar-refractivity contribution in [3.8, 4) is 0 Å². The van der Waals surface area contributed by atoms with E-state index in [1.807, 2.05) is 13.8 Å². The van der Waals surface area contributed by atoms with E-state index in [-0.39, 0.29) is 11.2 Å². The van der Waals surface area contributed by atoms with E-state index in [0.29, 0.717) is 10.9 Å². The van der Waals surface area contributed by atoms with Crippen molar-refractivity contribution in [2.24, 2.45) is 0 Å². The van der Waals surface area contributed by atoms with E-state index >= 15 is 0 Å². The van der Waals surface area contributed by atoms with Gasteiger partial charge in [-0.25, -0.2) is 4.39 Å². The van der Waals surface area contributed by atoms with E-state index in [1.165, 1.54) is 6.07 Å². The number of hydrogen-bond donors (Lipinski definition) is 1. The standard InChI is InChI=1S/C13H18BrFO/c1-12(2,8-13(3,4)16)9-5-6-11(15)10(14)7-9/h5-7,16H,8H2,1-4H3. The van der Waals surface area contributed by atoms with Crippen LogP contribution >= 0.6 is 15.9 Å². The summed E-state index contributed by atoms with van der Waals surface area (Å²) in [4.78, 5) is 0. The van der Waals surface area contributed by atoms with Crippen molar-refractivity contribution in [2.45, 2.75) is 45.1 Å². The first-order valence-corrected chi connectivity index (χ1v) is 6.09. The lowest BCUT2D eigenvalue weighted by Gasteiger charge is -2.32. The Morgan fingerprint density at radius 3 is 2.25 bits per heavy atom. The summed E-state index contributed by atoms with van der Waals surface area (Å²) in [5, 5.41) is 9.85. The molecule has 0 radical (unpaired) electrons. The lowest BCUT2D eigenvalue weighted by molar-refractivity contribution is 0.0501. The highest BCUT2D eigenvalue weighted by atomic mass is 79.9. The fraction of sp³-hybridized carbons (Fsp3) is 0.538. The zero-order valence-electron chi connectivity index (χ0n) is 10.1. The number of aliphatic hydroxyl groups is 1. The Morgan fingerprint density at radius 1 is 1.25 bits per heavy atom. The first kappa shape index (κ1) is 13.7. The fourth-order valence-electron chi connectivity index (χ4n) is 2.10. The second-order valence-electron chi connectivity index (χ2n) is 5.50. The molecule has 1 aromatic rings. The summed E-state index contributed by atoms with van der Waals surface area (Å²) in [5.74, 6) is -0.261. The Balaban J connectivity index is 3.02. The lowest BCUT2D eigenvalue weighted by Crippen LogP contribution is -2.31. The molecular formula is C13H18BrFO. The average molecular weight is 289 g/mol. The molecule has 0 unspecified atom stereocenters. The van der Waals surface area contributed by atoms with Crippen LogP contribution in [0.5, 0.6) is 0 Å². The maximum absolute atomic E-state index is 13.1. The first-order valence-electron chi connectivity index (χ1n) is 5.30. The number of benzene rings is 1. The van der Waals surface area contributed by atoms with Crippen LogP contribution in [0.2, 0.25) is 0 Å². The molecule has 1 rings (SSSR count). The number of hydrogen-bond acceptors (Lipinski definition) is 1. The Morgan fingerprint density at radius 2 is 1.81 bits per heavy atom. The third kappa shape index (κ3) is 3.56. The minimum atomic E-state index is -0.732. The Kier molecular flexibility index (Phi) is 3.80. The smallest absolute Gasteiger partial charge is 0.137 e. The maximum atomic E-state index is 13.1. The monoisotopic (exact) mass is 288 g/mol. The van der Waals surface area contributed by atoms with E-state index in [4.69, 9.17) is 0 Å². The van der Waals surface area contributed by atoms with Gasteiger partial charge in [-0.15, -0.1) is 0 Å². The normalized spacial score (nSPS) is 12.9. The van der Waals surface area contributed by atoms with Crippen molar-refractivity contribution in [2.75, 3.05) is 0 Å². The molecule has 0 bridgehead atoms. The second kappa shape index (κ2) is 4.46. The van der Waals surface area contributed by atoms with Crippen LogP contribution in [-0.4, -0.2) is 10.7 Å². The third-order valence-corrected chi connectivity index (χ3v) is 3.18. The second-order valence-corrected chi connectivity index (χ2v) is 6.36. The van der Waals surface area contributed by atoms with Crippen LogP contribution in [0.25, 0.3) is 0 Å². The molecule has 0 aliphatic rings. The van der Waals surface area contributed by atoms with E-state index in [1.54, 1.807) is 26.0 Å². The average Bonchev–Trinajstić information content (AvgIpc) is 2.05. The van der Waals surface area contributed by atoms with E-state index in [0.717, 1.165) is 5.56 Å². The van der Waals surface area contributed by atoms with Gasteiger partial charge in [0.2, 0.25) is 0 Å². The van der Waals surface area contributed by atoms with Gasteiger partial charge in [-0.2, -0.15) is 0 Å². The highest BCUT2D eigenvalue weighted by molar-refractivity contribution is 9.10. The fourth-order valence-corrected chi connectivity index (χ4v) is 2.48. The predicted molar refractivity (Wildman–Crippen MR) is 68.0 cm³/mol. The van der Waals surface area contributed by atoms with Crippen molar-refractivity contribution in [3.05, 3.63) is 34.1 Å². The van der Waals surface area contributed by atoms with Gasteiger partial charge < -0.3 is 5.11 Å². The molecular weight excluding hydrogens is 271 g/mol. The van der Waals surface area contributed by atoms with Gasteiger partial charge in [-0.3, -0.25) is 0 Å². The van der Waals surface area contributed by atoms with Gasteiger partial charge in [-0.1, -0.05) is 19.9 Å². The summed E-state index contributed by atoms with van der Waals surface area (Å²) >= 11 is 3.18. The van der Waals surface area contributed by atoms with Crippen molar-refractivity contribution in [1.82, 2.24) is 0 Å². The summed E-state index contributed by atoms with van der Waals surface area (Å²) in [6.45, 7) is 7.66. The van der Waals surface area contributed by atoms with Crippen LogP contribution in [0, 0.1) is 5.82 Å². The van der Waals surface area contributed by atoms with Gasteiger partial charge in [-0.05, 0) is 59.3 Å². The molecule has 0 saturated heterocycles. The Hall–Kier alpha value is -0.410. The van der Waals surface area contributed by atoms with Crippen LogP contribution < -0.4 is 0 Å². The van der Waals surface area contributed by atoms with Gasteiger partial charge in [0.15, 0.2) is 0 Å². The molecule has 1 nitrogen and oxygen atoms in total. The topological polar surface area (TPSA) is 20.2 Å². The summed E-state index contributed by atoms with van der Waals surface area (Å²) in [7, 11) is 0. The minimum absolute atomic E-state index is 0.186. The largest absolute Gasteiger partial charge is 0.390 e. The van der Waals surface area contributed by atoms with Crippen molar-refractivity contribution >= 4 is 15.9 Å². The molecule has 3 heteroatoms. The SMILES string of the molecule is CC(C)(O)CC(C)(C)c1ccc(F)c(Br)c1. The molecule has 0 heterocycles. The molecule has 0 aliphatic heterocycles. The molecule has 16 heavy (non-hydrogen) atoms. The zero-order valence-corrected chi connectivity index (χ0v) is 11.7. The van der Waals surface area contributed by atoms with Crippen LogP contribution in [-0.2, 0) is 5.41 Å². The molecule has 1 aromatic carbocycles. The quantitative estimate of drug-likeness (QED) is 0.890. The van der Waals surface area contributed by atoms with E-state index in [9.17, 15) is 9.50 Å². The summed E-state index contributed by atoms with van der Waals surface area (Å²) in [6.07, 6.45) is 0.623. The summed E-state index contributed by atoms with van der Waals surface area (Å²) in [6, 6.07) is 5.00. The number of halogens is 2. The predicted octanol–water partition coefficient (Wildman–Crippen LogP) is 4.03. The molecule has 0 atom stereocenters. The lowest BCUT2D eigenvalue weighted by atomic mass is 9.76. The molecule has 0 aromatic heterocycles. The van der Waals surface area contributed by atoms with Crippen LogP contribution in [0.15, 0.2) is 22.7 Å². The highest BCUT2D eigenvalue weighted by Crippen LogP contribution is 2.33. The molecule has 1 N–H and O–H groups in total. The van der Waals surface area contributed by atoms with Gasteiger partial charge in [0, 0.05) is 0 Å². The molecule has 0 spiro atoms. The zero-order chi connectivity index (χ0) is 12.6. The Bertz CT molecular complexity index is 380. The van der Waals surface area contributed by atoms with Crippen molar-refractivity contribution < 1.29 is 9.50 Å². The van der Waals surface area contributed by atoms with Gasteiger partial charge in [0.05, 0.1) is 10.1 Å². The van der Waals surface area contributed by atoms with Crippen LogP contribution in [0.4, 0.5) is 4.39 Å². The molecule has 90 valence electrons. The van der Waals surface area contributed by atoms with Gasteiger partial charge in [0.25, 0.3) is 0 Å². The van der Waals surface area contributed by atoms with Gasteiger partial charge >= 0.3 is 0 Å². The Labute approximate surface area is 105 Å². The van der Waals surface area contributed by atoms with E-state index in [2.05, 4.69) is 15.9 Å². The van der Waals surface area contributed by atoms with E-state index < -0.39 is 5.60 Å². The van der Waals surface area contributed by atoms with Crippen molar-refractivity contribution in [1.29, 1.82) is 0 Å². The minimum Gasteiger partial charge on any atom is -0.390 e. The van der Waals surface area contributed by atoms with Crippen LogP contribution in [0.3, 0.4) is 0 Å². The van der Waals surface area contributed by atoms with Gasteiger partial charge in [0.1, 0.15) is 5.82 Å². The number of rotatable bonds is 3. The summed E-state index contributed by atoms with van der Waals surface area (Å²) < 4.78 is 13.6. The molecule has 0 amide bonds. The third-order valence-electron chi connectivity index (χ3n) is 2.58. The van der Waals surface area contributed by atoms with Crippen LogP contribution in [0.1, 0.15) is 39.7 Å². The molecule has 0 fully saturated rings. The molecule has 0 aliphatic carbocycles. The maximum Gasteiger partial charge on any atom is 0.137 e. The first-order chi connectivity index (χ1) is 7.12. The highest BCUT2D eigenvalue weighted by Gasteiger charge is 2.28.